The summed E-state index contributed by atoms with van der Waals surface area (Å²) in [6.45, 7) is 29.8. The molecule has 0 spiro atoms. The molecule has 4 aliphatic heterocycles. The Kier molecular flexibility index (Phi) is 33.4. The highest BCUT2D eigenvalue weighted by molar-refractivity contribution is 7.93. The maximum Gasteiger partial charge on any atom is 0.416 e. The molecule has 0 aliphatic carbocycles. The van der Waals surface area contributed by atoms with Crippen molar-refractivity contribution < 1.29 is 84.1 Å². The van der Waals surface area contributed by atoms with E-state index in [1.54, 1.807) is 129 Å². The third-order valence-electron chi connectivity index (χ3n) is 24.6. The van der Waals surface area contributed by atoms with Crippen molar-refractivity contribution in [2.45, 2.75) is 185 Å². The van der Waals surface area contributed by atoms with Crippen LogP contribution >= 0.6 is 0 Å². The lowest BCUT2D eigenvalue weighted by Gasteiger charge is -2.29. The molecule has 730 valence electrons. The molecule has 12 aromatic rings. The van der Waals surface area contributed by atoms with Crippen LogP contribution in [0.1, 0.15) is 152 Å². The first kappa shape index (κ1) is 102. The fourth-order valence-corrected chi connectivity index (χ4v) is 24.2. The summed E-state index contributed by atoms with van der Waals surface area (Å²) in [4.78, 5) is 12.5. The minimum Gasteiger partial charge on any atom is -0.465 e. The summed E-state index contributed by atoms with van der Waals surface area (Å²) in [7, 11) is -14.4. The highest BCUT2D eigenvalue weighted by atomic mass is 32.2. The van der Waals surface area contributed by atoms with Crippen molar-refractivity contribution in [3.63, 3.8) is 0 Å². The number of methoxy groups -OCH3 is 1. The molecule has 0 saturated carbocycles. The van der Waals surface area contributed by atoms with Crippen LogP contribution in [0.2, 0.25) is 0 Å². The average Bonchev–Trinajstić information content (AvgIpc) is 1.13. The topological polar surface area (TPSA) is 308 Å². The summed E-state index contributed by atoms with van der Waals surface area (Å²) < 4.78 is 217. The van der Waals surface area contributed by atoms with Crippen LogP contribution in [0.15, 0.2) is 202 Å². The summed E-state index contributed by atoms with van der Waals surface area (Å²) in [6, 6.07) is 42.3. The van der Waals surface area contributed by atoms with Crippen molar-refractivity contribution >= 4 is 112 Å². The number of fused-ring (bicyclic) bond motifs is 4. The number of benzene rings is 8. The van der Waals surface area contributed by atoms with Crippen molar-refractivity contribution in [3.05, 3.63) is 216 Å². The van der Waals surface area contributed by atoms with E-state index >= 15 is 0 Å². The third-order valence-corrected chi connectivity index (χ3v) is 31.7. The zero-order chi connectivity index (χ0) is 97.8. The van der Waals surface area contributed by atoms with Crippen LogP contribution in [-0.2, 0) is 102 Å². The van der Waals surface area contributed by atoms with E-state index in [1.165, 1.54) is 56.4 Å². The summed E-state index contributed by atoms with van der Waals surface area (Å²) in [5.74, 6) is -1.58. The number of carbonyl (C=O) groups is 1. The maximum atomic E-state index is 14.4. The van der Waals surface area contributed by atoms with Gasteiger partial charge in [-0.3, -0.25) is 35.9 Å². The van der Waals surface area contributed by atoms with E-state index < -0.39 is 63.7 Å². The lowest BCUT2D eigenvalue weighted by Crippen LogP contribution is -2.35. The number of rotatable bonds is 30. The normalized spacial score (nSPS) is 15.4. The second-order valence-electron chi connectivity index (χ2n) is 37.2. The molecule has 8 aromatic carbocycles. The Morgan fingerprint density at radius 3 is 1.03 bits per heavy atom. The number of nitriles is 1. The molecular formula is C100H122F5N13O14S4. The van der Waals surface area contributed by atoms with Crippen LogP contribution in [0, 0.1) is 72.5 Å². The van der Waals surface area contributed by atoms with Gasteiger partial charge >= 0.3 is 12.1 Å². The number of aryl methyl sites for hydroxylation is 2. The quantitative estimate of drug-likeness (QED) is 0.0298. The van der Waals surface area contributed by atoms with Crippen molar-refractivity contribution in [2.24, 2.45) is 47.3 Å². The van der Waals surface area contributed by atoms with E-state index in [-0.39, 0.29) is 73.3 Å². The molecular weight excluding hydrogens is 1830 g/mol. The second kappa shape index (κ2) is 44.3. The molecule has 8 heterocycles. The predicted octanol–water partition coefficient (Wildman–Crippen LogP) is 19.7. The van der Waals surface area contributed by atoms with Crippen LogP contribution in [0.5, 0.6) is 0 Å². The van der Waals surface area contributed by atoms with Crippen molar-refractivity contribution in [1.29, 1.82) is 5.26 Å². The zero-order valence-electron chi connectivity index (χ0n) is 79.0. The summed E-state index contributed by atoms with van der Waals surface area (Å²) in [5, 5.41) is 30.2. The number of hydrogen-bond donors (Lipinski definition) is 0. The lowest BCUT2D eigenvalue weighted by atomic mass is 10.0. The van der Waals surface area contributed by atoms with Gasteiger partial charge in [0.2, 0.25) is 0 Å². The standard InChI is InChI=1S/C26H33N3O5S.C25H31F2N3O3S.C25H30N4O3S.C24H28F3N3O3S/c1-18(2)16-29(24-7-5-21(13-19(24)3)26(30)33-4)35(31,32)23-6-8-25-22(14-23)15-27-28(25)17-20-9-11-34-12-10-20;1-18(2)16-30(24-7-5-4-6-22(24)25(3,26)27)34(31,32)21-8-9-23-20(14-21)15-28-29(23)17-19-10-12-33-13-11-19;1-18(2)16-29(24-6-4-21(14-26)12-19(24)3)33(30,31)23-5-7-25-22(13-23)15-27-28(25)17-20-8-10-32-11-9-20;1-17(2)15-30(21-5-3-20(4-6-21)24(25,26)27)34(31,32)22-7-8-23-19(13-22)14-28-29(23)16-18-9-11-33-12-10-18/h5-8,13-15,18,20H,9-12,16-17H2,1-4H3;4-9,14-15,18-19H,10-13,16-17H2,1-3H3;4-7,12-13,15,18,20H,8-11,16-17H2,1-3H3;3-8,13-14,17-18H,9-12,15-16H2,1-2H3. The summed E-state index contributed by atoms with van der Waals surface area (Å²) >= 11 is 0. The Morgan fingerprint density at radius 1 is 0.419 bits per heavy atom. The molecule has 0 amide bonds. The molecule has 0 unspecified atom stereocenters. The zero-order valence-corrected chi connectivity index (χ0v) is 82.2. The molecule has 4 aromatic heterocycles. The van der Waals surface area contributed by atoms with Gasteiger partial charge in [0, 0.05) is 139 Å². The molecule has 4 fully saturated rings. The molecule has 0 bridgehead atoms. The number of sulfonamides is 4. The van der Waals surface area contributed by atoms with Crippen LogP contribution < -0.4 is 17.2 Å². The Labute approximate surface area is 794 Å². The molecule has 27 nitrogen and oxygen atoms in total. The van der Waals surface area contributed by atoms with Gasteiger partial charge in [0.05, 0.1) is 119 Å². The van der Waals surface area contributed by atoms with Crippen molar-refractivity contribution in [2.75, 3.05) is 103 Å². The molecule has 0 N–H and O–H groups in total. The number of hydrogen-bond acceptors (Lipinski definition) is 19. The van der Waals surface area contributed by atoms with Gasteiger partial charge in [-0.25, -0.2) is 47.2 Å². The summed E-state index contributed by atoms with van der Waals surface area (Å²) in [5.41, 5.74) is 6.07. The van der Waals surface area contributed by atoms with Gasteiger partial charge in [0.15, 0.2) is 0 Å². The van der Waals surface area contributed by atoms with Crippen LogP contribution in [0.4, 0.5) is 44.7 Å². The third kappa shape index (κ3) is 24.8. The number of halogens is 5. The number of anilines is 4. The van der Waals surface area contributed by atoms with Gasteiger partial charge in [-0.15, -0.1) is 0 Å². The molecule has 4 saturated heterocycles. The van der Waals surface area contributed by atoms with Crippen LogP contribution in [-0.4, -0.2) is 165 Å². The number of carbonyl (C=O) groups excluding carboxylic acids is 1. The number of alkyl halides is 5. The van der Waals surface area contributed by atoms with Gasteiger partial charge in [-0.1, -0.05) is 73.6 Å². The highest BCUT2D eigenvalue weighted by Gasteiger charge is 2.38. The average molecular weight is 1950 g/mol. The van der Waals surface area contributed by atoms with Gasteiger partial charge < -0.3 is 23.7 Å². The number of ether oxygens (including phenoxy) is 5. The van der Waals surface area contributed by atoms with Gasteiger partial charge in [0.25, 0.3) is 46.0 Å². The number of aromatic nitrogens is 8. The Hall–Kier alpha value is -10.9. The monoisotopic (exact) mass is 1950 g/mol. The smallest absolute Gasteiger partial charge is 0.416 e. The minimum absolute atomic E-state index is 0.000917. The first-order chi connectivity index (χ1) is 64.6. The first-order valence-corrected chi connectivity index (χ1v) is 52.0. The Bertz CT molecular complexity index is 6670. The molecule has 0 radical (unpaired) electrons. The van der Waals surface area contributed by atoms with Crippen LogP contribution in [0.25, 0.3) is 43.6 Å². The largest absolute Gasteiger partial charge is 0.465 e. The minimum atomic E-state index is -4.49. The maximum absolute atomic E-state index is 14.4. The van der Waals surface area contributed by atoms with Gasteiger partial charge in [-0.2, -0.15) is 38.8 Å². The second-order valence-corrected chi connectivity index (χ2v) is 44.6. The Balaban J connectivity index is 0.000000153. The molecule has 0 atom stereocenters. The predicted molar refractivity (Wildman–Crippen MR) is 516 cm³/mol. The fourth-order valence-electron chi connectivity index (χ4n) is 17.4. The first-order valence-electron chi connectivity index (χ1n) is 46.2. The molecule has 36 heteroatoms. The van der Waals surface area contributed by atoms with E-state index in [0.29, 0.717) is 75.6 Å². The molecule has 136 heavy (non-hydrogen) atoms. The highest BCUT2D eigenvalue weighted by Crippen LogP contribution is 2.41. The lowest BCUT2D eigenvalue weighted by molar-refractivity contribution is -0.137. The van der Waals surface area contributed by atoms with E-state index in [1.807, 2.05) is 93.2 Å². The van der Waals surface area contributed by atoms with Crippen molar-refractivity contribution in [1.82, 2.24) is 39.1 Å². The van der Waals surface area contributed by atoms with Gasteiger partial charge in [-0.05, 0) is 263 Å². The number of para-hydroxylation sites is 1. The van der Waals surface area contributed by atoms with Crippen molar-refractivity contribution in [3.8, 4) is 6.07 Å². The molecule has 16 rings (SSSR count). The van der Waals surface area contributed by atoms with E-state index in [2.05, 4.69) is 26.5 Å². The van der Waals surface area contributed by atoms with E-state index in [9.17, 15) is 65.7 Å². The summed E-state index contributed by atoms with van der Waals surface area (Å²) in [6.07, 6.45) is 10.2. The van der Waals surface area contributed by atoms with Gasteiger partial charge in [0.1, 0.15) is 0 Å². The van der Waals surface area contributed by atoms with E-state index in [4.69, 9.17) is 23.7 Å². The Morgan fingerprint density at radius 2 is 0.728 bits per heavy atom. The SMILES string of the molecule is CC(C)CN(c1ccc(C(F)(F)F)cc1)S(=O)(=O)c1ccc2c(cnn2CC2CCOCC2)c1.CC(C)CN(c1ccccc1C(C)(F)F)S(=O)(=O)c1ccc2c(cnn2CC2CCOCC2)c1.COC(=O)c1ccc(N(CC(C)C)S(=O)(=O)c2ccc3c(cnn3CC3CCOCC3)c2)c(C)c1.Cc1cc(C#N)ccc1N(CC(C)C)S(=O)(=O)c1ccc2c(cnn2CC2CCOCC2)c1. The molecule has 4 aliphatic rings. The fraction of sp³-hybridized carbons (Fsp3) is 0.460. The number of esters is 1. The number of nitrogens with zero attached hydrogens (tertiary/aromatic N) is 13. The van der Waals surface area contributed by atoms with Crippen LogP contribution in [0.3, 0.4) is 0 Å². The van der Waals surface area contributed by atoms with E-state index in [0.717, 1.165) is 192 Å².